The molecular weight excluding hydrogens is 415 g/mol. The predicted molar refractivity (Wildman–Crippen MR) is 117 cm³/mol. The monoisotopic (exact) mass is 440 g/mol. The van der Waals surface area contributed by atoms with Gasteiger partial charge in [-0.2, -0.15) is 0 Å². The van der Waals surface area contributed by atoms with Crippen molar-refractivity contribution in [2.45, 2.75) is 25.8 Å². The van der Waals surface area contributed by atoms with Gasteiger partial charge < -0.3 is 24.4 Å². The summed E-state index contributed by atoms with van der Waals surface area (Å²) in [6.45, 7) is 1.32. The molecule has 0 radical (unpaired) electrons. The smallest absolute Gasteiger partial charge is 0.407 e. The van der Waals surface area contributed by atoms with Crippen molar-refractivity contribution in [3.8, 4) is 11.5 Å². The van der Waals surface area contributed by atoms with Gasteiger partial charge in [-0.15, -0.1) is 0 Å². The zero-order valence-electron chi connectivity index (χ0n) is 17.8. The van der Waals surface area contributed by atoms with Gasteiger partial charge in [0.05, 0.1) is 19.3 Å². The van der Waals surface area contributed by atoms with E-state index in [0.717, 1.165) is 11.1 Å². The van der Waals surface area contributed by atoms with Crippen LogP contribution in [0.3, 0.4) is 0 Å². The van der Waals surface area contributed by atoms with Crippen molar-refractivity contribution in [1.29, 1.82) is 0 Å². The molecule has 7 nitrogen and oxygen atoms in total. The fraction of sp³-hybridized carbons (Fsp3) is 0.333. The second-order valence-corrected chi connectivity index (χ2v) is 7.83. The van der Waals surface area contributed by atoms with Crippen LogP contribution in [0.5, 0.6) is 11.5 Å². The van der Waals surface area contributed by atoms with Crippen molar-refractivity contribution >= 4 is 17.7 Å². The summed E-state index contributed by atoms with van der Waals surface area (Å²) < 4.78 is 26.0. The average molecular weight is 440 g/mol. The fourth-order valence-electron chi connectivity index (χ4n) is 4.02. The fourth-order valence-corrected chi connectivity index (χ4v) is 4.02. The minimum atomic E-state index is -0.935. The molecule has 2 aromatic rings. The Morgan fingerprint density at radius 3 is 2.56 bits per heavy atom. The highest BCUT2D eigenvalue weighted by molar-refractivity contribution is 5.97. The molecule has 0 fully saturated rings. The van der Waals surface area contributed by atoms with Crippen molar-refractivity contribution in [3.05, 3.63) is 65.0 Å². The summed E-state index contributed by atoms with van der Waals surface area (Å²) in [4.78, 5) is 26.5. The van der Waals surface area contributed by atoms with Crippen LogP contribution in [0, 0.1) is 5.82 Å². The van der Waals surface area contributed by atoms with Crippen LogP contribution < -0.4 is 14.4 Å². The van der Waals surface area contributed by atoms with Crippen LogP contribution in [0.2, 0.25) is 0 Å². The lowest BCUT2D eigenvalue weighted by atomic mass is 9.98. The van der Waals surface area contributed by atoms with Gasteiger partial charge in [-0.1, -0.05) is 18.2 Å². The van der Waals surface area contributed by atoms with E-state index in [-0.39, 0.29) is 24.6 Å². The van der Waals surface area contributed by atoms with Gasteiger partial charge in [-0.25, -0.2) is 9.18 Å². The Labute approximate surface area is 185 Å². The van der Waals surface area contributed by atoms with Crippen molar-refractivity contribution in [2.75, 3.05) is 31.7 Å². The Bertz CT molecular complexity index is 1050. The Kier molecular flexibility index (Phi) is 6.30. The van der Waals surface area contributed by atoms with Crippen molar-refractivity contribution in [3.63, 3.8) is 0 Å². The van der Waals surface area contributed by atoms with Gasteiger partial charge in [0.2, 0.25) is 5.91 Å². The van der Waals surface area contributed by atoms with Crippen LogP contribution in [-0.4, -0.2) is 48.8 Å². The summed E-state index contributed by atoms with van der Waals surface area (Å²) in [7, 11) is 1.59. The van der Waals surface area contributed by atoms with E-state index in [0.29, 0.717) is 49.6 Å². The minimum Gasteiger partial charge on any atom is -0.497 e. The second-order valence-electron chi connectivity index (χ2n) is 7.83. The lowest BCUT2D eigenvalue weighted by Crippen LogP contribution is -2.35. The number of nitrogens with zero attached hydrogens (tertiary/aromatic N) is 2. The highest BCUT2D eigenvalue weighted by Crippen LogP contribution is 2.38. The first-order chi connectivity index (χ1) is 15.5. The molecule has 32 heavy (non-hydrogen) atoms. The van der Waals surface area contributed by atoms with E-state index in [1.807, 2.05) is 30.3 Å². The summed E-state index contributed by atoms with van der Waals surface area (Å²) in [6.07, 6.45) is 2.20. The van der Waals surface area contributed by atoms with E-state index < -0.39 is 11.9 Å². The average Bonchev–Trinajstić information content (AvgIpc) is 2.81. The molecule has 0 atom stereocenters. The first kappa shape index (κ1) is 21.7. The third-order valence-corrected chi connectivity index (χ3v) is 5.84. The first-order valence-corrected chi connectivity index (χ1v) is 10.5. The molecule has 4 rings (SSSR count). The molecule has 1 N–H and O–H groups in total. The predicted octanol–water partition coefficient (Wildman–Crippen LogP) is 4.00. The summed E-state index contributed by atoms with van der Waals surface area (Å²) in [5.74, 6) is 0.677. The second kappa shape index (κ2) is 9.30. The van der Waals surface area contributed by atoms with E-state index in [2.05, 4.69) is 0 Å². The summed E-state index contributed by atoms with van der Waals surface area (Å²) >= 11 is 0. The van der Waals surface area contributed by atoms with Gasteiger partial charge in [0, 0.05) is 25.1 Å². The van der Waals surface area contributed by atoms with Gasteiger partial charge in [0.25, 0.3) is 0 Å². The number of rotatable bonds is 6. The zero-order chi connectivity index (χ0) is 22.7. The molecule has 168 valence electrons. The van der Waals surface area contributed by atoms with Crippen LogP contribution in [0.4, 0.5) is 14.9 Å². The van der Waals surface area contributed by atoms with Crippen LogP contribution in [0.1, 0.15) is 24.0 Å². The standard InChI is InChI=1S/C24H25FN2O5/c1-31-18-4-2-16(3-5-18)14-27-22(28)9-6-19-21(8-7-20(25)23(19)27)32-15-17-10-12-26(13-11-17)24(29)30/h2-5,7-8,10H,6,9,11-15H2,1H3,(H,29,30). The van der Waals surface area contributed by atoms with E-state index in [4.69, 9.17) is 14.6 Å². The maximum absolute atomic E-state index is 14.9. The molecule has 0 bridgehead atoms. The van der Waals surface area contributed by atoms with Crippen LogP contribution >= 0.6 is 0 Å². The molecule has 2 aliphatic heterocycles. The molecule has 8 heteroatoms. The SMILES string of the molecule is COc1ccc(CN2C(=O)CCc3c(OCC4=CCN(C(=O)O)CC4)ccc(F)c32)cc1. The minimum absolute atomic E-state index is 0.131. The molecule has 2 aliphatic rings. The number of ether oxygens (including phenoxy) is 2. The van der Waals surface area contributed by atoms with Gasteiger partial charge in [-0.05, 0) is 48.2 Å². The molecule has 0 aliphatic carbocycles. The van der Waals surface area contributed by atoms with Gasteiger partial charge in [0.1, 0.15) is 23.9 Å². The number of carboxylic acid groups (broad SMARTS) is 1. The Hall–Kier alpha value is -3.55. The van der Waals surface area contributed by atoms with E-state index in [1.54, 1.807) is 13.2 Å². The quantitative estimate of drug-likeness (QED) is 0.687. The van der Waals surface area contributed by atoms with Crippen LogP contribution in [0.25, 0.3) is 0 Å². The van der Waals surface area contributed by atoms with Gasteiger partial charge >= 0.3 is 6.09 Å². The third-order valence-electron chi connectivity index (χ3n) is 5.84. The third kappa shape index (κ3) is 4.54. The topological polar surface area (TPSA) is 79.3 Å². The highest BCUT2D eigenvalue weighted by atomic mass is 19.1. The van der Waals surface area contributed by atoms with E-state index in [9.17, 15) is 14.0 Å². The number of halogens is 1. The van der Waals surface area contributed by atoms with E-state index in [1.165, 1.54) is 15.9 Å². The number of benzene rings is 2. The number of methoxy groups -OCH3 is 1. The Morgan fingerprint density at radius 1 is 1.12 bits per heavy atom. The number of hydrogen-bond donors (Lipinski definition) is 1. The molecule has 2 aromatic carbocycles. The van der Waals surface area contributed by atoms with Crippen LogP contribution in [0.15, 0.2) is 48.0 Å². The number of anilines is 1. The molecule has 2 heterocycles. The number of carbonyl (C=O) groups excluding carboxylic acids is 1. The number of amides is 2. The van der Waals surface area contributed by atoms with Crippen molar-refractivity contribution in [1.82, 2.24) is 4.90 Å². The van der Waals surface area contributed by atoms with Gasteiger partial charge in [0.15, 0.2) is 0 Å². The summed E-state index contributed by atoms with van der Waals surface area (Å²) in [6, 6.07) is 10.3. The first-order valence-electron chi connectivity index (χ1n) is 10.5. The number of fused-ring (bicyclic) bond motifs is 1. The summed E-state index contributed by atoms with van der Waals surface area (Å²) in [5.41, 5.74) is 2.82. The number of carbonyl (C=O) groups is 2. The van der Waals surface area contributed by atoms with Crippen molar-refractivity contribution < 1.29 is 28.6 Å². The zero-order valence-corrected chi connectivity index (χ0v) is 17.8. The number of hydrogen-bond acceptors (Lipinski definition) is 4. The maximum Gasteiger partial charge on any atom is 0.407 e. The Morgan fingerprint density at radius 2 is 1.91 bits per heavy atom. The summed E-state index contributed by atoms with van der Waals surface area (Å²) in [5, 5.41) is 9.06. The van der Waals surface area contributed by atoms with Crippen molar-refractivity contribution in [2.24, 2.45) is 0 Å². The normalized spacial score (nSPS) is 15.8. The highest BCUT2D eigenvalue weighted by Gasteiger charge is 2.30. The van der Waals surface area contributed by atoms with Gasteiger partial charge in [-0.3, -0.25) is 4.79 Å². The van der Waals surface area contributed by atoms with E-state index >= 15 is 0 Å². The molecule has 2 amide bonds. The molecule has 0 aromatic heterocycles. The van der Waals surface area contributed by atoms with Crippen LogP contribution in [-0.2, 0) is 17.8 Å². The lowest BCUT2D eigenvalue weighted by Gasteiger charge is -2.31. The lowest BCUT2D eigenvalue weighted by molar-refractivity contribution is -0.119. The Balaban J connectivity index is 1.53. The maximum atomic E-state index is 14.9. The molecule has 0 saturated carbocycles. The largest absolute Gasteiger partial charge is 0.497 e. The molecule has 0 saturated heterocycles. The molecule has 0 spiro atoms. The molecule has 0 unspecified atom stereocenters. The molecular formula is C24H25FN2O5.